The molecule has 114 valence electrons. The van der Waals surface area contributed by atoms with Gasteiger partial charge in [0.25, 0.3) is 0 Å². The molecule has 2 aromatic rings. The Kier molecular flexibility index (Phi) is 4.57. The Bertz CT molecular complexity index is 574. The van der Waals surface area contributed by atoms with E-state index >= 15 is 0 Å². The van der Waals surface area contributed by atoms with E-state index in [9.17, 15) is 0 Å². The zero-order valence-electron chi connectivity index (χ0n) is 13.3. The van der Waals surface area contributed by atoms with Crippen molar-refractivity contribution >= 4 is 5.95 Å². The van der Waals surface area contributed by atoms with Crippen molar-refractivity contribution in [1.29, 1.82) is 0 Å². The number of nitrogens with zero attached hydrogens (tertiary/aromatic N) is 4. The summed E-state index contributed by atoms with van der Waals surface area (Å²) in [7, 11) is 1.71. The first-order chi connectivity index (χ1) is 9.91. The van der Waals surface area contributed by atoms with Gasteiger partial charge in [-0.15, -0.1) is 0 Å². The third-order valence-corrected chi connectivity index (χ3v) is 3.15. The second-order valence-corrected chi connectivity index (χ2v) is 5.94. The fourth-order valence-corrected chi connectivity index (χ4v) is 1.95. The quantitative estimate of drug-likeness (QED) is 0.885. The number of nitrogens with one attached hydrogen (secondary N) is 1. The second kappa shape index (κ2) is 6.22. The maximum absolute atomic E-state index is 5.47. The van der Waals surface area contributed by atoms with Crippen molar-refractivity contribution in [3.63, 3.8) is 0 Å². The van der Waals surface area contributed by atoms with E-state index in [2.05, 4.69) is 38.7 Å². The molecule has 6 heteroatoms. The van der Waals surface area contributed by atoms with Crippen LogP contribution in [0.1, 0.15) is 27.7 Å². The molecule has 0 aromatic carbocycles. The molecule has 0 bridgehead atoms. The molecule has 0 aliphatic carbocycles. The van der Waals surface area contributed by atoms with Crippen LogP contribution in [-0.4, -0.2) is 38.3 Å². The van der Waals surface area contributed by atoms with Crippen LogP contribution >= 0.6 is 0 Å². The van der Waals surface area contributed by atoms with E-state index in [-0.39, 0.29) is 5.60 Å². The molecule has 0 unspecified atom stereocenters. The summed E-state index contributed by atoms with van der Waals surface area (Å²) in [4.78, 5) is 13.1. The smallest absolute Gasteiger partial charge is 0.222 e. The molecule has 2 heterocycles. The summed E-state index contributed by atoms with van der Waals surface area (Å²) in [6.45, 7) is 8.91. The van der Waals surface area contributed by atoms with E-state index in [1.54, 1.807) is 25.7 Å². The van der Waals surface area contributed by atoms with E-state index in [0.717, 1.165) is 11.4 Å². The fourth-order valence-electron chi connectivity index (χ4n) is 1.95. The molecule has 0 radical (unpaired) electrons. The maximum atomic E-state index is 5.47. The predicted octanol–water partition coefficient (Wildman–Crippen LogP) is 2.59. The van der Waals surface area contributed by atoms with Gasteiger partial charge in [0.15, 0.2) is 0 Å². The molecular formula is C15H23N5O. The first-order valence-electron chi connectivity index (χ1n) is 7.06. The van der Waals surface area contributed by atoms with Crippen LogP contribution < -0.4 is 5.32 Å². The number of imidazole rings is 1. The highest BCUT2D eigenvalue weighted by Crippen LogP contribution is 2.20. The van der Waals surface area contributed by atoms with Crippen LogP contribution in [0.25, 0.3) is 11.4 Å². The molecule has 1 N–H and O–H groups in total. The van der Waals surface area contributed by atoms with Crippen molar-refractivity contribution in [3.8, 4) is 11.4 Å². The van der Waals surface area contributed by atoms with E-state index in [4.69, 9.17) is 4.74 Å². The number of hydrogen-bond donors (Lipinski definition) is 1. The largest absolute Gasteiger partial charge is 0.377 e. The molecule has 2 aromatic heterocycles. The Labute approximate surface area is 125 Å². The Balaban J connectivity index is 2.21. The highest BCUT2D eigenvalue weighted by atomic mass is 16.5. The second-order valence-electron chi connectivity index (χ2n) is 5.94. The summed E-state index contributed by atoms with van der Waals surface area (Å²) >= 11 is 0. The molecular weight excluding hydrogens is 266 g/mol. The number of hydrogen-bond acceptors (Lipinski definition) is 5. The third-order valence-electron chi connectivity index (χ3n) is 3.15. The van der Waals surface area contributed by atoms with Crippen LogP contribution in [0.5, 0.6) is 0 Å². The zero-order chi connectivity index (χ0) is 15.5. The molecule has 0 fully saturated rings. The average molecular weight is 289 g/mol. The summed E-state index contributed by atoms with van der Waals surface area (Å²) in [5, 5.41) is 3.17. The first-order valence-corrected chi connectivity index (χ1v) is 7.06. The van der Waals surface area contributed by atoms with Crippen molar-refractivity contribution in [3.05, 3.63) is 24.8 Å². The van der Waals surface area contributed by atoms with Gasteiger partial charge in [-0.25, -0.2) is 15.0 Å². The average Bonchev–Trinajstić information content (AvgIpc) is 2.86. The van der Waals surface area contributed by atoms with Gasteiger partial charge in [-0.2, -0.15) is 0 Å². The lowest BCUT2D eigenvalue weighted by Crippen LogP contribution is -2.29. The Morgan fingerprint density at radius 1 is 1.24 bits per heavy atom. The molecule has 6 nitrogen and oxygen atoms in total. The lowest BCUT2D eigenvalue weighted by Gasteiger charge is -2.24. The normalized spacial score (nSPS) is 11.9. The Morgan fingerprint density at radius 3 is 2.48 bits per heavy atom. The highest BCUT2D eigenvalue weighted by Gasteiger charge is 2.19. The number of anilines is 1. The van der Waals surface area contributed by atoms with Gasteiger partial charge in [-0.05, 0) is 27.7 Å². The maximum Gasteiger partial charge on any atom is 0.222 e. The monoisotopic (exact) mass is 289 g/mol. The van der Waals surface area contributed by atoms with Crippen LogP contribution in [0.4, 0.5) is 5.95 Å². The van der Waals surface area contributed by atoms with Crippen molar-refractivity contribution in [2.24, 2.45) is 0 Å². The standard InChI is InChI=1S/C15H23N5O/c1-11(2)19-14-17-8-12(9-18-14)13-16-6-7-20(13)10-15(3,4)21-5/h6-9,11H,10H2,1-5H3,(H,17,18,19). The Morgan fingerprint density at radius 2 is 1.90 bits per heavy atom. The third kappa shape index (κ3) is 4.01. The lowest BCUT2D eigenvalue weighted by molar-refractivity contribution is 0.00850. The van der Waals surface area contributed by atoms with Gasteiger partial charge < -0.3 is 14.6 Å². The van der Waals surface area contributed by atoms with E-state index in [1.165, 1.54) is 0 Å². The number of methoxy groups -OCH3 is 1. The summed E-state index contributed by atoms with van der Waals surface area (Å²) < 4.78 is 7.53. The molecule has 0 spiro atoms. The predicted molar refractivity (Wildman–Crippen MR) is 83.1 cm³/mol. The number of rotatable bonds is 6. The zero-order valence-corrected chi connectivity index (χ0v) is 13.3. The Hall–Kier alpha value is -1.95. The molecule has 0 aliphatic rings. The van der Waals surface area contributed by atoms with Gasteiger partial charge in [-0.1, -0.05) is 0 Å². The minimum absolute atomic E-state index is 0.255. The van der Waals surface area contributed by atoms with E-state index in [0.29, 0.717) is 18.5 Å². The van der Waals surface area contributed by atoms with E-state index < -0.39 is 0 Å². The van der Waals surface area contributed by atoms with Gasteiger partial charge >= 0.3 is 0 Å². The van der Waals surface area contributed by atoms with Gasteiger partial charge in [0, 0.05) is 37.9 Å². The number of ether oxygens (including phenoxy) is 1. The fraction of sp³-hybridized carbons (Fsp3) is 0.533. The van der Waals surface area contributed by atoms with Gasteiger partial charge in [0.2, 0.25) is 5.95 Å². The molecule has 0 amide bonds. The van der Waals surface area contributed by atoms with Crippen LogP contribution in [-0.2, 0) is 11.3 Å². The molecule has 2 rings (SSSR count). The van der Waals surface area contributed by atoms with E-state index in [1.807, 2.05) is 20.0 Å². The lowest BCUT2D eigenvalue weighted by atomic mass is 10.1. The summed E-state index contributed by atoms with van der Waals surface area (Å²) in [5.41, 5.74) is 0.635. The highest BCUT2D eigenvalue weighted by molar-refractivity contribution is 5.53. The number of aromatic nitrogens is 4. The van der Waals surface area contributed by atoms with Crippen LogP contribution in [0.2, 0.25) is 0 Å². The van der Waals surface area contributed by atoms with Crippen molar-refractivity contribution in [2.45, 2.75) is 45.9 Å². The van der Waals surface area contributed by atoms with Crippen molar-refractivity contribution in [2.75, 3.05) is 12.4 Å². The molecule has 0 atom stereocenters. The summed E-state index contributed by atoms with van der Waals surface area (Å²) in [6, 6.07) is 0.306. The minimum Gasteiger partial charge on any atom is -0.377 e. The van der Waals surface area contributed by atoms with Gasteiger partial charge in [0.1, 0.15) is 5.82 Å². The van der Waals surface area contributed by atoms with Gasteiger partial charge in [0.05, 0.1) is 17.7 Å². The van der Waals surface area contributed by atoms with Crippen LogP contribution in [0.3, 0.4) is 0 Å². The van der Waals surface area contributed by atoms with Crippen LogP contribution in [0, 0.1) is 0 Å². The minimum atomic E-state index is -0.255. The topological polar surface area (TPSA) is 64.9 Å². The summed E-state index contributed by atoms with van der Waals surface area (Å²) in [5.74, 6) is 1.47. The van der Waals surface area contributed by atoms with Crippen molar-refractivity contribution < 1.29 is 4.74 Å². The molecule has 0 aliphatic heterocycles. The molecule has 0 saturated carbocycles. The van der Waals surface area contributed by atoms with Crippen molar-refractivity contribution in [1.82, 2.24) is 19.5 Å². The van der Waals surface area contributed by atoms with Crippen LogP contribution in [0.15, 0.2) is 24.8 Å². The molecule has 0 saturated heterocycles. The SMILES string of the molecule is COC(C)(C)Cn1ccnc1-c1cnc(NC(C)C)nc1. The summed E-state index contributed by atoms with van der Waals surface area (Å²) in [6.07, 6.45) is 7.30. The molecule has 21 heavy (non-hydrogen) atoms. The van der Waals surface area contributed by atoms with Gasteiger partial charge in [-0.3, -0.25) is 0 Å². The first kappa shape index (κ1) is 15.4.